The van der Waals surface area contributed by atoms with Crippen LogP contribution >= 0.6 is 11.6 Å². The van der Waals surface area contributed by atoms with E-state index in [2.05, 4.69) is 4.90 Å². The number of nitrogens with zero attached hydrogens (tertiary/aromatic N) is 2. The van der Waals surface area contributed by atoms with Crippen LogP contribution in [0.1, 0.15) is 36.8 Å². The maximum Gasteiger partial charge on any atom is 0.227 e. The Hall–Kier alpha value is -1.91. The van der Waals surface area contributed by atoms with Crippen molar-refractivity contribution in [2.24, 2.45) is 0 Å². The van der Waals surface area contributed by atoms with Gasteiger partial charge in [0, 0.05) is 35.8 Å². The molecule has 1 spiro atoms. The Morgan fingerprint density at radius 1 is 1.04 bits per heavy atom. The SMILES string of the molecule is O=C(Cc1ccc(Cl)cc1)N1CCC[C@@]2(CCCN2Cc2ccccc2F)C1. The quantitative estimate of drug-likeness (QED) is 0.744. The summed E-state index contributed by atoms with van der Waals surface area (Å²) in [7, 11) is 0. The third-order valence-electron chi connectivity index (χ3n) is 6.24. The zero-order chi connectivity index (χ0) is 19.6. The van der Waals surface area contributed by atoms with Crippen molar-refractivity contribution in [1.29, 1.82) is 0 Å². The molecule has 0 N–H and O–H groups in total. The first-order chi connectivity index (χ1) is 13.6. The molecule has 1 amide bonds. The summed E-state index contributed by atoms with van der Waals surface area (Å²) in [5, 5.41) is 0.683. The maximum absolute atomic E-state index is 14.2. The highest BCUT2D eigenvalue weighted by molar-refractivity contribution is 6.30. The highest BCUT2D eigenvalue weighted by Gasteiger charge is 2.44. The first-order valence-electron chi connectivity index (χ1n) is 10.1. The molecule has 2 aliphatic heterocycles. The fourth-order valence-corrected chi connectivity index (χ4v) is 4.88. The van der Waals surface area contributed by atoms with E-state index in [1.807, 2.05) is 41.3 Å². The van der Waals surface area contributed by atoms with E-state index in [9.17, 15) is 9.18 Å². The van der Waals surface area contributed by atoms with Crippen molar-refractivity contribution >= 4 is 17.5 Å². The molecule has 0 saturated carbocycles. The van der Waals surface area contributed by atoms with E-state index in [4.69, 9.17) is 11.6 Å². The van der Waals surface area contributed by atoms with Gasteiger partial charge in [-0.2, -0.15) is 0 Å². The van der Waals surface area contributed by atoms with E-state index in [1.165, 1.54) is 6.07 Å². The summed E-state index contributed by atoms with van der Waals surface area (Å²) < 4.78 is 14.2. The first-order valence-corrected chi connectivity index (χ1v) is 10.4. The van der Waals surface area contributed by atoms with Crippen LogP contribution in [-0.4, -0.2) is 40.9 Å². The number of amides is 1. The Morgan fingerprint density at radius 2 is 1.75 bits per heavy atom. The van der Waals surface area contributed by atoms with Crippen LogP contribution in [0.3, 0.4) is 0 Å². The molecule has 5 heteroatoms. The molecule has 2 heterocycles. The van der Waals surface area contributed by atoms with E-state index in [0.717, 1.165) is 56.4 Å². The predicted octanol–water partition coefficient (Wildman–Crippen LogP) is 4.68. The standard InChI is InChI=1S/C23H26ClFN2O/c24-20-9-7-18(8-10-20)15-22(28)26-13-3-11-23(17-26)12-4-14-27(23)16-19-5-1-2-6-21(19)25/h1-2,5-10H,3-4,11-17H2/t23-/m1/s1. The van der Waals surface area contributed by atoms with E-state index >= 15 is 0 Å². The Bertz CT molecular complexity index is 841. The predicted molar refractivity (Wildman–Crippen MR) is 110 cm³/mol. The number of likely N-dealkylation sites (tertiary alicyclic amines) is 2. The summed E-state index contributed by atoms with van der Waals surface area (Å²) in [5.74, 6) is 0.0233. The summed E-state index contributed by atoms with van der Waals surface area (Å²) in [5.41, 5.74) is 1.72. The molecule has 28 heavy (non-hydrogen) atoms. The first kappa shape index (κ1) is 19.4. The minimum atomic E-state index is -0.143. The Morgan fingerprint density at radius 3 is 2.50 bits per heavy atom. The lowest BCUT2D eigenvalue weighted by Gasteiger charge is -2.46. The Kier molecular flexibility index (Phi) is 5.70. The summed E-state index contributed by atoms with van der Waals surface area (Å²) in [6.07, 6.45) is 4.66. The second kappa shape index (κ2) is 8.22. The monoisotopic (exact) mass is 400 g/mol. The number of piperidine rings is 1. The minimum Gasteiger partial charge on any atom is -0.341 e. The lowest BCUT2D eigenvalue weighted by molar-refractivity contribution is -0.134. The minimum absolute atomic E-state index is 0.0177. The number of carbonyl (C=O) groups excluding carboxylic acids is 1. The Labute approximate surface area is 171 Å². The van der Waals surface area contributed by atoms with Crippen LogP contribution in [0.15, 0.2) is 48.5 Å². The fraction of sp³-hybridized carbons (Fsp3) is 0.435. The number of carbonyl (C=O) groups is 1. The van der Waals surface area contributed by atoms with Crippen molar-refractivity contribution in [2.75, 3.05) is 19.6 Å². The van der Waals surface area contributed by atoms with Crippen molar-refractivity contribution in [3.05, 3.63) is 70.5 Å². The van der Waals surface area contributed by atoms with Crippen molar-refractivity contribution in [1.82, 2.24) is 9.80 Å². The van der Waals surface area contributed by atoms with Gasteiger partial charge >= 0.3 is 0 Å². The molecule has 0 aromatic heterocycles. The molecule has 2 aromatic carbocycles. The number of rotatable bonds is 4. The molecule has 0 aliphatic carbocycles. The molecule has 2 fully saturated rings. The smallest absolute Gasteiger partial charge is 0.227 e. The average molecular weight is 401 g/mol. The molecule has 2 saturated heterocycles. The van der Waals surface area contributed by atoms with Crippen molar-refractivity contribution in [3.63, 3.8) is 0 Å². The van der Waals surface area contributed by atoms with E-state index in [0.29, 0.717) is 18.0 Å². The highest BCUT2D eigenvalue weighted by Crippen LogP contribution is 2.38. The van der Waals surface area contributed by atoms with Gasteiger partial charge in [-0.3, -0.25) is 9.69 Å². The zero-order valence-corrected chi connectivity index (χ0v) is 16.8. The second-order valence-corrected chi connectivity index (χ2v) is 8.50. The van der Waals surface area contributed by atoms with Gasteiger partial charge in [0.25, 0.3) is 0 Å². The number of halogens is 2. The van der Waals surface area contributed by atoms with Gasteiger partial charge in [-0.1, -0.05) is 41.9 Å². The summed E-state index contributed by atoms with van der Waals surface area (Å²) in [4.78, 5) is 17.3. The van der Waals surface area contributed by atoms with Crippen LogP contribution < -0.4 is 0 Å². The topological polar surface area (TPSA) is 23.6 Å². The van der Waals surface area contributed by atoms with Gasteiger partial charge in [0.2, 0.25) is 5.91 Å². The number of hydrogen-bond acceptors (Lipinski definition) is 2. The Balaban J connectivity index is 1.46. The summed E-state index contributed by atoms with van der Waals surface area (Å²) >= 11 is 5.94. The number of hydrogen-bond donors (Lipinski definition) is 0. The molecule has 2 aromatic rings. The molecular formula is C23H26ClFN2O. The lowest BCUT2D eigenvalue weighted by Crippen LogP contribution is -2.56. The van der Waals surface area contributed by atoms with Crippen LogP contribution in [0.4, 0.5) is 4.39 Å². The largest absolute Gasteiger partial charge is 0.341 e. The second-order valence-electron chi connectivity index (χ2n) is 8.06. The molecule has 0 bridgehead atoms. The molecular weight excluding hydrogens is 375 g/mol. The normalized spacial score (nSPS) is 22.7. The van der Waals surface area contributed by atoms with Gasteiger partial charge in [0.05, 0.1) is 6.42 Å². The molecule has 148 valence electrons. The van der Waals surface area contributed by atoms with Gasteiger partial charge in [-0.25, -0.2) is 4.39 Å². The van der Waals surface area contributed by atoms with Gasteiger partial charge in [0.15, 0.2) is 0 Å². The third kappa shape index (κ3) is 4.08. The van der Waals surface area contributed by atoms with Crippen molar-refractivity contribution in [3.8, 4) is 0 Å². The molecule has 1 atom stereocenters. The van der Waals surface area contributed by atoms with Gasteiger partial charge < -0.3 is 4.90 Å². The van der Waals surface area contributed by atoms with Crippen LogP contribution in [0.2, 0.25) is 5.02 Å². The van der Waals surface area contributed by atoms with Crippen LogP contribution in [-0.2, 0) is 17.8 Å². The number of benzene rings is 2. The van der Waals surface area contributed by atoms with Crippen LogP contribution in [0.25, 0.3) is 0 Å². The highest BCUT2D eigenvalue weighted by atomic mass is 35.5. The summed E-state index contributed by atoms with van der Waals surface area (Å²) in [6, 6.07) is 14.5. The lowest BCUT2D eigenvalue weighted by atomic mass is 9.86. The molecule has 2 aliphatic rings. The average Bonchev–Trinajstić information content (AvgIpc) is 3.06. The van der Waals surface area contributed by atoms with Crippen LogP contribution in [0.5, 0.6) is 0 Å². The maximum atomic E-state index is 14.2. The summed E-state index contributed by atoms with van der Waals surface area (Å²) in [6.45, 7) is 3.13. The fourth-order valence-electron chi connectivity index (χ4n) is 4.75. The van der Waals surface area contributed by atoms with E-state index < -0.39 is 0 Å². The third-order valence-corrected chi connectivity index (χ3v) is 6.49. The van der Waals surface area contributed by atoms with Gasteiger partial charge in [0.1, 0.15) is 5.82 Å². The van der Waals surface area contributed by atoms with Gasteiger partial charge in [-0.15, -0.1) is 0 Å². The van der Waals surface area contributed by atoms with Crippen LogP contribution in [0, 0.1) is 5.82 Å². The van der Waals surface area contributed by atoms with Gasteiger partial charge in [-0.05, 0) is 56.0 Å². The van der Waals surface area contributed by atoms with E-state index in [1.54, 1.807) is 6.07 Å². The van der Waals surface area contributed by atoms with E-state index in [-0.39, 0.29) is 17.3 Å². The van der Waals surface area contributed by atoms with Crippen molar-refractivity contribution < 1.29 is 9.18 Å². The molecule has 4 rings (SSSR count). The van der Waals surface area contributed by atoms with Crippen molar-refractivity contribution in [2.45, 2.75) is 44.2 Å². The molecule has 3 nitrogen and oxygen atoms in total. The molecule has 0 radical (unpaired) electrons. The zero-order valence-electron chi connectivity index (χ0n) is 16.0. The molecule has 0 unspecified atom stereocenters.